The van der Waals surface area contributed by atoms with E-state index >= 15 is 0 Å². The third-order valence-corrected chi connectivity index (χ3v) is 11.7. The third kappa shape index (κ3) is 3.76. The molecule has 7 aromatic carbocycles. The predicted octanol–water partition coefficient (Wildman–Crippen LogP) is 10.6. The highest BCUT2D eigenvalue weighted by Crippen LogP contribution is 2.64. The van der Waals surface area contributed by atoms with Gasteiger partial charge in [0.1, 0.15) is 0 Å². The fourth-order valence-corrected chi connectivity index (χ4v) is 9.70. The smallest absolute Gasteiger partial charge is 0.0875 e. The molecule has 5 unspecified atom stereocenters. The zero-order chi connectivity index (χ0) is 32.8. The first-order valence-corrected chi connectivity index (χ1v) is 17.8. The molecule has 0 saturated carbocycles. The van der Waals surface area contributed by atoms with Gasteiger partial charge in [0, 0.05) is 5.69 Å². The van der Waals surface area contributed by atoms with Crippen molar-refractivity contribution < 1.29 is 0 Å². The van der Waals surface area contributed by atoms with Crippen LogP contribution in [0.4, 0.5) is 17.1 Å². The molecule has 1 N–H and O–H groups in total. The first-order chi connectivity index (χ1) is 24.8. The van der Waals surface area contributed by atoms with Crippen LogP contribution in [-0.2, 0) is 5.41 Å². The molecular weight excluding hydrogens is 607 g/mol. The summed E-state index contributed by atoms with van der Waals surface area (Å²) in [6, 6.07) is 68.4. The number of para-hydroxylation sites is 3. The molecule has 238 valence electrons. The lowest BCUT2D eigenvalue weighted by Gasteiger charge is -2.45. The topological polar surface area (TPSA) is 18.3 Å². The van der Waals surface area contributed by atoms with Crippen LogP contribution in [0.2, 0.25) is 0 Å². The highest BCUT2D eigenvalue weighted by molar-refractivity contribution is 5.95. The van der Waals surface area contributed by atoms with Crippen LogP contribution in [0.3, 0.4) is 0 Å². The summed E-state index contributed by atoms with van der Waals surface area (Å²) in [5.74, 6) is 0. The van der Waals surface area contributed by atoms with Crippen LogP contribution in [0.1, 0.15) is 57.2 Å². The number of benzene rings is 7. The van der Waals surface area contributed by atoms with Crippen LogP contribution in [-0.4, -0.2) is 10.9 Å². The molecule has 0 radical (unpaired) electrons. The number of hydrogen-bond acceptors (Lipinski definition) is 3. The average molecular weight is 642 g/mol. The minimum Gasteiger partial charge on any atom is -0.310 e. The first-order valence-electron chi connectivity index (χ1n) is 17.8. The number of hydrogen-bond donors (Lipinski definition) is 1. The highest BCUT2D eigenvalue weighted by Gasteiger charge is 2.62. The van der Waals surface area contributed by atoms with Crippen molar-refractivity contribution in [2.75, 3.05) is 4.90 Å². The predicted molar refractivity (Wildman–Crippen MR) is 202 cm³/mol. The molecule has 1 aliphatic carbocycles. The van der Waals surface area contributed by atoms with Crippen molar-refractivity contribution in [3.05, 3.63) is 221 Å². The second-order valence-corrected chi connectivity index (χ2v) is 14.1. The fourth-order valence-electron chi connectivity index (χ4n) is 9.70. The van der Waals surface area contributed by atoms with Crippen LogP contribution in [0.5, 0.6) is 0 Å². The zero-order valence-corrected chi connectivity index (χ0v) is 27.5. The fraction of sp³-hybridized carbons (Fsp3) is 0.106. The lowest BCUT2D eigenvalue weighted by Crippen LogP contribution is -2.36. The molecule has 3 heteroatoms. The highest BCUT2D eigenvalue weighted by atomic mass is 15.5. The van der Waals surface area contributed by atoms with Crippen molar-refractivity contribution in [1.29, 1.82) is 0 Å². The Kier molecular flexibility index (Phi) is 5.98. The molecule has 3 aliphatic heterocycles. The quantitative estimate of drug-likeness (QED) is 0.193. The Balaban J connectivity index is 1.13. The number of anilines is 3. The summed E-state index contributed by atoms with van der Waals surface area (Å²) in [5, 5.41) is 4.11. The van der Waals surface area contributed by atoms with Gasteiger partial charge in [-0.15, -0.1) is 0 Å². The van der Waals surface area contributed by atoms with Crippen LogP contribution in [0.15, 0.2) is 182 Å². The van der Waals surface area contributed by atoms with E-state index in [1.54, 1.807) is 0 Å². The molecule has 0 aromatic heterocycles. The van der Waals surface area contributed by atoms with E-state index in [1.807, 2.05) is 0 Å². The van der Waals surface area contributed by atoms with Crippen LogP contribution >= 0.6 is 0 Å². The van der Waals surface area contributed by atoms with E-state index in [9.17, 15) is 0 Å². The molecule has 2 fully saturated rings. The van der Waals surface area contributed by atoms with Crippen LogP contribution in [0.25, 0.3) is 11.1 Å². The average Bonchev–Trinajstić information content (AvgIpc) is 3.69. The lowest BCUT2D eigenvalue weighted by atomic mass is 9.64. The monoisotopic (exact) mass is 641 g/mol. The van der Waals surface area contributed by atoms with Crippen molar-refractivity contribution in [2.45, 2.75) is 29.7 Å². The van der Waals surface area contributed by atoms with Crippen molar-refractivity contribution >= 4 is 17.1 Å². The summed E-state index contributed by atoms with van der Waals surface area (Å²) in [6.45, 7) is 0. The Labute approximate surface area is 293 Å². The van der Waals surface area contributed by atoms with E-state index in [0.717, 1.165) is 0 Å². The van der Waals surface area contributed by atoms with Gasteiger partial charge in [-0.05, 0) is 74.3 Å². The van der Waals surface area contributed by atoms with E-state index in [1.165, 1.54) is 67.1 Å². The van der Waals surface area contributed by atoms with Gasteiger partial charge in [0.05, 0.1) is 41.1 Å². The van der Waals surface area contributed by atoms with Gasteiger partial charge in [-0.25, -0.2) is 0 Å². The number of nitrogens with one attached hydrogen (secondary N) is 1. The van der Waals surface area contributed by atoms with E-state index < -0.39 is 5.41 Å². The van der Waals surface area contributed by atoms with Gasteiger partial charge in [0.15, 0.2) is 0 Å². The standard InChI is InChI=1S/C47H35N3/c1-4-16-31(17-5-1)44-45-43(48-46(50(44)45)32-18-6-2-7-19-32)33-28-29-36-35-22-10-11-23-37(35)47(40(36)30-33)38-24-12-14-26-41(38)49(34-20-8-3-9-21-34)42-27-15-13-25-39(42)47/h1-30,43-46,48H. The minimum atomic E-state index is -0.458. The third-order valence-electron chi connectivity index (χ3n) is 11.7. The second-order valence-electron chi connectivity index (χ2n) is 14.1. The van der Waals surface area contributed by atoms with Gasteiger partial charge >= 0.3 is 0 Å². The van der Waals surface area contributed by atoms with Gasteiger partial charge in [0.2, 0.25) is 0 Å². The van der Waals surface area contributed by atoms with E-state index in [0.29, 0.717) is 12.1 Å². The maximum atomic E-state index is 4.11. The SMILES string of the molecule is c1ccc(C2NC(c3ccc4c(c3)C3(c5ccccc5-4)c4ccccc4N(c4ccccc4)c4ccccc43)C3C(c4ccccc4)N23)cc1. The molecule has 5 atom stereocenters. The Bertz CT molecular complexity index is 2360. The zero-order valence-electron chi connectivity index (χ0n) is 27.5. The van der Waals surface area contributed by atoms with Crippen molar-refractivity contribution in [2.24, 2.45) is 0 Å². The molecule has 1 spiro atoms. The number of rotatable bonds is 4. The molecule has 7 aromatic rings. The summed E-state index contributed by atoms with van der Waals surface area (Å²) in [6.07, 6.45) is 0.159. The molecule has 3 nitrogen and oxygen atoms in total. The minimum absolute atomic E-state index is 0.159. The summed E-state index contributed by atoms with van der Waals surface area (Å²) in [5.41, 5.74) is 15.3. The van der Waals surface area contributed by atoms with Gasteiger partial charge in [-0.3, -0.25) is 10.2 Å². The normalized spacial score (nSPS) is 23.0. The summed E-state index contributed by atoms with van der Waals surface area (Å²) >= 11 is 0. The Hall–Kier alpha value is -5.74. The van der Waals surface area contributed by atoms with E-state index in [4.69, 9.17) is 0 Å². The van der Waals surface area contributed by atoms with Crippen molar-refractivity contribution in [1.82, 2.24) is 10.2 Å². The van der Waals surface area contributed by atoms with Crippen LogP contribution in [0, 0.1) is 0 Å². The molecule has 0 bridgehead atoms. The number of nitrogens with zero attached hydrogens (tertiary/aromatic N) is 2. The summed E-state index contributed by atoms with van der Waals surface area (Å²) in [7, 11) is 0. The van der Waals surface area contributed by atoms with Crippen LogP contribution < -0.4 is 10.2 Å². The Morgan fingerprint density at radius 3 is 1.66 bits per heavy atom. The summed E-state index contributed by atoms with van der Waals surface area (Å²) in [4.78, 5) is 5.13. The lowest BCUT2D eigenvalue weighted by molar-refractivity contribution is 0.357. The van der Waals surface area contributed by atoms with Gasteiger partial charge < -0.3 is 4.90 Å². The molecule has 11 rings (SSSR count). The molecule has 3 heterocycles. The largest absolute Gasteiger partial charge is 0.310 e. The Morgan fingerprint density at radius 1 is 0.440 bits per heavy atom. The molecule has 4 aliphatic rings. The maximum absolute atomic E-state index is 4.11. The Morgan fingerprint density at radius 2 is 0.980 bits per heavy atom. The van der Waals surface area contributed by atoms with E-state index in [2.05, 4.69) is 197 Å². The molecule has 2 saturated heterocycles. The maximum Gasteiger partial charge on any atom is 0.0875 e. The summed E-state index contributed by atoms with van der Waals surface area (Å²) < 4.78 is 0. The second kappa shape index (κ2) is 10.6. The number of fused-ring (bicyclic) bond motifs is 10. The van der Waals surface area contributed by atoms with Gasteiger partial charge in [-0.2, -0.15) is 0 Å². The molecular formula is C47H35N3. The van der Waals surface area contributed by atoms with Crippen molar-refractivity contribution in [3.8, 4) is 11.1 Å². The van der Waals surface area contributed by atoms with E-state index in [-0.39, 0.29) is 12.2 Å². The van der Waals surface area contributed by atoms with Gasteiger partial charge in [0.25, 0.3) is 0 Å². The van der Waals surface area contributed by atoms with Gasteiger partial charge in [-0.1, -0.05) is 158 Å². The molecule has 50 heavy (non-hydrogen) atoms. The molecule has 0 amide bonds. The first kappa shape index (κ1) is 28.1. The van der Waals surface area contributed by atoms with Crippen molar-refractivity contribution in [3.63, 3.8) is 0 Å².